The van der Waals surface area contributed by atoms with Crippen LogP contribution in [0.4, 0.5) is 15.8 Å². The van der Waals surface area contributed by atoms with Crippen LogP contribution in [0.3, 0.4) is 0 Å². The molecule has 0 fully saturated rings. The van der Waals surface area contributed by atoms with Crippen molar-refractivity contribution in [3.63, 3.8) is 0 Å². The second-order valence-electron chi connectivity index (χ2n) is 4.40. The van der Waals surface area contributed by atoms with Gasteiger partial charge in [-0.2, -0.15) is 0 Å². The van der Waals surface area contributed by atoms with Crippen molar-refractivity contribution in [1.29, 1.82) is 0 Å². The number of nitrogen functional groups attached to an aromatic ring is 1. The minimum absolute atomic E-state index is 0.0188. The van der Waals surface area contributed by atoms with Crippen LogP contribution in [0.2, 0.25) is 0 Å². The van der Waals surface area contributed by atoms with E-state index in [1.165, 1.54) is 17.2 Å². The maximum absolute atomic E-state index is 13.7. The number of nitrogens with zero attached hydrogens (tertiary/aromatic N) is 2. The Bertz CT molecular complexity index is 598. The lowest BCUT2D eigenvalue weighted by molar-refractivity contribution is 0.0983. The lowest BCUT2D eigenvalue weighted by Gasteiger charge is -2.22. The fourth-order valence-electron chi connectivity index (χ4n) is 1.92. The number of halogens is 1. The minimum atomic E-state index is -0.617. The molecule has 0 aliphatic heterocycles. The molecule has 1 aromatic heterocycles. The van der Waals surface area contributed by atoms with Gasteiger partial charge >= 0.3 is 0 Å². The zero-order chi connectivity index (χ0) is 14.5. The van der Waals surface area contributed by atoms with Gasteiger partial charge in [0.15, 0.2) is 5.82 Å². The van der Waals surface area contributed by atoms with Crippen LogP contribution in [0.15, 0.2) is 42.7 Å². The number of carbonyl (C=O) groups is 1. The fraction of sp³-hybridized carbons (Fsp3) is 0.200. The van der Waals surface area contributed by atoms with Crippen molar-refractivity contribution in [1.82, 2.24) is 4.98 Å². The number of hydrogen-bond acceptors (Lipinski definition) is 3. The standard InChI is InChI=1S/C15H16FN3O/c1-2-9-19(12-5-3-11(17)4-6-12)15(20)13-7-8-18-10-14(13)16/h3-8,10H,2,9,17H2,1H3. The first kappa shape index (κ1) is 14.0. The van der Waals surface area contributed by atoms with Crippen LogP contribution < -0.4 is 10.6 Å². The van der Waals surface area contributed by atoms with Gasteiger partial charge in [0.2, 0.25) is 0 Å². The lowest BCUT2D eigenvalue weighted by atomic mass is 10.2. The quantitative estimate of drug-likeness (QED) is 0.871. The first-order chi connectivity index (χ1) is 9.63. The molecule has 4 nitrogen and oxygen atoms in total. The van der Waals surface area contributed by atoms with Crippen molar-refractivity contribution < 1.29 is 9.18 Å². The number of rotatable bonds is 4. The van der Waals surface area contributed by atoms with Crippen LogP contribution >= 0.6 is 0 Å². The summed E-state index contributed by atoms with van der Waals surface area (Å²) >= 11 is 0. The Hall–Kier alpha value is -2.43. The highest BCUT2D eigenvalue weighted by atomic mass is 19.1. The second kappa shape index (κ2) is 6.14. The largest absolute Gasteiger partial charge is 0.399 e. The van der Waals surface area contributed by atoms with Crippen LogP contribution in [0, 0.1) is 5.82 Å². The molecule has 20 heavy (non-hydrogen) atoms. The monoisotopic (exact) mass is 273 g/mol. The van der Waals surface area contributed by atoms with Crippen molar-refractivity contribution in [2.75, 3.05) is 17.2 Å². The van der Waals surface area contributed by atoms with E-state index in [2.05, 4.69) is 4.98 Å². The predicted molar refractivity (Wildman–Crippen MR) is 77.0 cm³/mol. The highest BCUT2D eigenvalue weighted by Crippen LogP contribution is 2.20. The summed E-state index contributed by atoms with van der Waals surface area (Å²) in [4.78, 5) is 17.7. The molecule has 1 amide bonds. The SMILES string of the molecule is CCCN(C(=O)c1ccncc1F)c1ccc(N)cc1. The number of anilines is 2. The van der Waals surface area contributed by atoms with Gasteiger partial charge in [-0.25, -0.2) is 4.39 Å². The Labute approximate surface area is 117 Å². The summed E-state index contributed by atoms with van der Waals surface area (Å²) in [7, 11) is 0. The molecule has 0 aliphatic rings. The number of carbonyl (C=O) groups excluding carboxylic acids is 1. The normalized spacial score (nSPS) is 10.3. The van der Waals surface area contributed by atoms with Gasteiger partial charge < -0.3 is 10.6 Å². The molecular formula is C15H16FN3O. The van der Waals surface area contributed by atoms with Crippen molar-refractivity contribution in [3.8, 4) is 0 Å². The summed E-state index contributed by atoms with van der Waals surface area (Å²) in [5, 5.41) is 0. The molecule has 2 N–H and O–H groups in total. The average Bonchev–Trinajstić information content (AvgIpc) is 2.46. The number of aromatic nitrogens is 1. The van der Waals surface area contributed by atoms with E-state index in [0.29, 0.717) is 17.9 Å². The van der Waals surface area contributed by atoms with Crippen molar-refractivity contribution >= 4 is 17.3 Å². The fourth-order valence-corrected chi connectivity index (χ4v) is 1.92. The van der Waals surface area contributed by atoms with Crippen LogP contribution in [-0.2, 0) is 0 Å². The Morgan fingerprint density at radius 3 is 2.60 bits per heavy atom. The van der Waals surface area contributed by atoms with E-state index < -0.39 is 5.82 Å². The molecule has 2 rings (SSSR count). The molecule has 5 heteroatoms. The molecule has 0 radical (unpaired) electrons. The lowest BCUT2D eigenvalue weighted by Crippen LogP contribution is -2.32. The van der Waals surface area contributed by atoms with Crippen molar-refractivity contribution in [3.05, 3.63) is 54.1 Å². The smallest absolute Gasteiger partial charge is 0.261 e. The van der Waals surface area contributed by atoms with Crippen molar-refractivity contribution in [2.45, 2.75) is 13.3 Å². The minimum Gasteiger partial charge on any atom is -0.399 e. The number of nitrogens with two attached hydrogens (primary N) is 1. The first-order valence-electron chi connectivity index (χ1n) is 6.40. The van der Waals surface area contributed by atoms with E-state index in [9.17, 15) is 9.18 Å². The van der Waals surface area contributed by atoms with Crippen molar-refractivity contribution in [2.24, 2.45) is 0 Å². The number of pyridine rings is 1. The Morgan fingerprint density at radius 2 is 2.00 bits per heavy atom. The van der Waals surface area contributed by atoms with Gasteiger partial charge in [-0.1, -0.05) is 6.92 Å². The molecular weight excluding hydrogens is 257 g/mol. The topological polar surface area (TPSA) is 59.2 Å². The van der Waals surface area contributed by atoms with Gasteiger partial charge in [-0.15, -0.1) is 0 Å². The number of benzene rings is 1. The van der Waals surface area contributed by atoms with E-state index >= 15 is 0 Å². The molecule has 0 bridgehead atoms. The Balaban J connectivity index is 2.36. The van der Waals surface area contributed by atoms with Crippen LogP contribution in [0.5, 0.6) is 0 Å². The molecule has 0 aliphatic carbocycles. The third-order valence-electron chi connectivity index (χ3n) is 2.90. The summed E-state index contributed by atoms with van der Waals surface area (Å²) in [6, 6.07) is 8.32. The highest BCUT2D eigenvalue weighted by Gasteiger charge is 2.20. The van der Waals surface area contributed by atoms with Gasteiger partial charge in [-0.3, -0.25) is 9.78 Å². The van der Waals surface area contributed by atoms with E-state index in [1.54, 1.807) is 24.3 Å². The predicted octanol–water partition coefficient (Wildman–Crippen LogP) is 2.86. The third kappa shape index (κ3) is 2.93. The maximum atomic E-state index is 13.7. The van der Waals surface area contributed by atoms with Gasteiger partial charge in [0, 0.05) is 24.1 Å². The molecule has 0 saturated carbocycles. The zero-order valence-electron chi connectivity index (χ0n) is 11.2. The third-order valence-corrected chi connectivity index (χ3v) is 2.90. The van der Waals surface area contributed by atoms with Crippen LogP contribution in [0.1, 0.15) is 23.7 Å². The van der Waals surface area contributed by atoms with Gasteiger partial charge in [0.05, 0.1) is 11.8 Å². The van der Waals surface area contributed by atoms with Gasteiger partial charge in [-0.05, 0) is 36.8 Å². The summed E-state index contributed by atoms with van der Waals surface area (Å²) in [6.45, 7) is 2.46. The van der Waals surface area contributed by atoms with Gasteiger partial charge in [0.25, 0.3) is 5.91 Å². The van der Waals surface area contributed by atoms with Crippen LogP contribution in [0.25, 0.3) is 0 Å². The number of amides is 1. The molecule has 104 valence electrons. The van der Waals surface area contributed by atoms with E-state index in [-0.39, 0.29) is 11.5 Å². The van der Waals surface area contributed by atoms with Gasteiger partial charge in [0.1, 0.15) is 0 Å². The molecule has 0 saturated heterocycles. The first-order valence-corrected chi connectivity index (χ1v) is 6.40. The summed E-state index contributed by atoms with van der Waals surface area (Å²) in [5.74, 6) is -0.995. The molecule has 0 spiro atoms. The summed E-state index contributed by atoms with van der Waals surface area (Å²) < 4.78 is 13.7. The van der Waals surface area contributed by atoms with E-state index in [4.69, 9.17) is 5.73 Å². The molecule has 2 aromatic rings. The van der Waals surface area contributed by atoms with E-state index in [0.717, 1.165) is 12.6 Å². The van der Waals surface area contributed by atoms with Crippen LogP contribution in [-0.4, -0.2) is 17.4 Å². The molecule has 1 aromatic carbocycles. The summed E-state index contributed by atoms with van der Waals surface area (Å²) in [5.41, 5.74) is 6.97. The zero-order valence-corrected chi connectivity index (χ0v) is 11.2. The van der Waals surface area contributed by atoms with E-state index in [1.807, 2.05) is 6.92 Å². The molecule has 0 atom stereocenters. The average molecular weight is 273 g/mol. The second-order valence-corrected chi connectivity index (χ2v) is 4.40. The Morgan fingerprint density at radius 1 is 1.30 bits per heavy atom. The molecule has 0 unspecified atom stereocenters. The highest BCUT2D eigenvalue weighted by molar-refractivity contribution is 6.06. The number of hydrogen-bond donors (Lipinski definition) is 1. The Kier molecular flexibility index (Phi) is 4.30. The maximum Gasteiger partial charge on any atom is 0.261 e. The molecule has 1 heterocycles. The summed E-state index contributed by atoms with van der Waals surface area (Å²) in [6.07, 6.45) is 3.21.